The van der Waals surface area contributed by atoms with Crippen molar-refractivity contribution in [1.29, 1.82) is 0 Å². The van der Waals surface area contributed by atoms with Crippen LogP contribution in [0.2, 0.25) is 0 Å². The minimum Gasteiger partial charge on any atom is -0.360 e. The fraction of sp³-hybridized carbons (Fsp3) is 0.320. The van der Waals surface area contributed by atoms with E-state index in [2.05, 4.69) is 11.0 Å². The maximum Gasteiger partial charge on any atom is 0.160 e. The average molecular weight is 489 g/mol. The lowest BCUT2D eigenvalue weighted by Crippen LogP contribution is -2.49. The lowest BCUT2D eigenvalue weighted by molar-refractivity contribution is 0.113. The summed E-state index contributed by atoms with van der Waals surface area (Å²) < 4.78 is 56.7. The fourth-order valence-electron chi connectivity index (χ4n) is 4.44. The van der Waals surface area contributed by atoms with Crippen molar-refractivity contribution in [3.05, 3.63) is 77.5 Å². The molecule has 3 aromatic rings. The molecule has 0 spiro atoms. The molecule has 4 rings (SSSR count). The van der Waals surface area contributed by atoms with E-state index in [1.807, 2.05) is 25.3 Å². The molecule has 1 atom stereocenters. The van der Waals surface area contributed by atoms with Gasteiger partial charge < -0.3 is 15.2 Å². The van der Waals surface area contributed by atoms with Gasteiger partial charge in [-0.05, 0) is 62.7 Å². The van der Waals surface area contributed by atoms with E-state index >= 15 is 0 Å². The second-order valence-electron chi connectivity index (χ2n) is 8.61. The van der Waals surface area contributed by atoms with Crippen LogP contribution in [0.3, 0.4) is 0 Å². The minimum atomic E-state index is -1.86. The normalized spacial score (nSPS) is 16.4. The number of rotatable bonds is 6. The summed E-state index contributed by atoms with van der Waals surface area (Å²) in [5.74, 6) is -1.82. The molecule has 180 valence electrons. The molecule has 2 aromatic carbocycles. The SMILES string of the molecule is CC/C=C(\CN)N1CCn2c(nc(-c3ccc(F)cc3)c2S(=O)c2ccc(F)c(F)c2)C1(C)C. The number of aromatic nitrogens is 2. The van der Waals surface area contributed by atoms with Crippen molar-refractivity contribution in [1.82, 2.24) is 14.5 Å². The van der Waals surface area contributed by atoms with Crippen molar-refractivity contribution < 1.29 is 17.4 Å². The highest BCUT2D eigenvalue weighted by molar-refractivity contribution is 7.85. The van der Waals surface area contributed by atoms with E-state index < -0.39 is 33.8 Å². The maximum absolute atomic E-state index is 14.0. The Kier molecular flexibility index (Phi) is 6.69. The second kappa shape index (κ2) is 9.38. The third-order valence-electron chi connectivity index (χ3n) is 6.08. The maximum atomic E-state index is 14.0. The van der Waals surface area contributed by atoms with Gasteiger partial charge in [0, 0.05) is 35.8 Å². The number of benzene rings is 2. The first-order valence-electron chi connectivity index (χ1n) is 11.1. The molecule has 0 fully saturated rings. The van der Waals surface area contributed by atoms with E-state index in [-0.39, 0.29) is 4.90 Å². The Hall–Kier alpha value is -2.91. The monoisotopic (exact) mass is 488 g/mol. The Bertz CT molecular complexity index is 1270. The van der Waals surface area contributed by atoms with E-state index in [9.17, 15) is 17.4 Å². The zero-order chi connectivity index (χ0) is 24.6. The topological polar surface area (TPSA) is 64.2 Å². The summed E-state index contributed by atoms with van der Waals surface area (Å²) >= 11 is 0. The molecule has 0 bridgehead atoms. The molecule has 1 aliphatic rings. The van der Waals surface area contributed by atoms with Gasteiger partial charge in [0.25, 0.3) is 0 Å². The number of allylic oxidation sites excluding steroid dienone is 1. The van der Waals surface area contributed by atoms with Gasteiger partial charge in [0.1, 0.15) is 33.2 Å². The highest BCUT2D eigenvalue weighted by Crippen LogP contribution is 2.40. The first-order chi connectivity index (χ1) is 16.2. The Morgan fingerprint density at radius 1 is 1.12 bits per heavy atom. The van der Waals surface area contributed by atoms with Crippen molar-refractivity contribution in [3.8, 4) is 11.3 Å². The van der Waals surface area contributed by atoms with Gasteiger partial charge in [0.15, 0.2) is 11.6 Å². The average Bonchev–Trinajstić information content (AvgIpc) is 3.21. The number of fused-ring (bicyclic) bond motifs is 1. The molecule has 0 aliphatic carbocycles. The summed E-state index contributed by atoms with van der Waals surface area (Å²) in [6, 6.07) is 8.97. The van der Waals surface area contributed by atoms with Crippen molar-refractivity contribution in [2.75, 3.05) is 13.1 Å². The molecule has 2 N–H and O–H groups in total. The predicted molar refractivity (Wildman–Crippen MR) is 126 cm³/mol. The van der Waals surface area contributed by atoms with Crippen LogP contribution < -0.4 is 5.73 Å². The van der Waals surface area contributed by atoms with Crippen LogP contribution in [-0.4, -0.2) is 31.7 Å². The molecule has 1 aliphatic heterocycles. The van der Waals surface area contributed by atoms with Crippen LogP contribution in [0.1, 0.15) is 33.0 Å². The number of halogens is 3. The third kappa shape index (κ3) is 4.18. The van der Waals surface area contributed by atoms with Crippen molar-refractivity contribution in [2.24, 2.45) is 5.73 Å². The highest BCUT2D eigenvalue weighted by Gasteiger charge is 2.40. The molecule has 1 unspecified atom stereocenters. The molecule has 9 heteroatoms. The van der Waals surface area contributed by atoms with E-state index in [4.69, 9.17) is 10.7 Å². The summed E-state index contributed by atoms with van der Waals surface area (Å²) in [7, 11) is -1.86. The van der Waals surface area contributed by atoms with Gasteiger partial charge in [-0.25, -0.2) is 22.4 Å². The van der Waals surface area contributed by atoms with Crippen LogP contribution in [0.5, 0.6) is 0 Å². The van der Waals surface area contributed by atoms with Crippen LogP contribution in [0.4, 0.5) is 13.2 Å². The Balaban J connectivity index is 1.92. The van der Waals surface area contributed by atoms with Crippen LogP contribution in [-0.2, 0) is 22.9 Å². The van der Waals surface area contributed by atoms with E-state index in [0.29, 0.717) is 41.7 Å². The third-order valence-corrected chi connectivity index (χ3v) is 7.53. The Morgan fingerprint density at radius 2 is 1.82 bits per heavy atom. The van der Waals surface area contributed by atoms with Crippen molar-refractivity contribution in [2.45, 2.75) is 49.2 Å². The van der Waals surface area contributed by atoms with Crippen LogP contribution in [0, 0.1) is 17.5 Å². The van der Waals surface area contributed by atoms with Gasteiger partial charge in [0.05, 0.1) is 5.54 Å². The highest BCUT2D eigenvalue weighted by atomic mass is 32.2. The van der Waals surface area contributed by atoms with Crippen molar-refractivity contribution in [3.63, 3.8) is 0 Å². The summed E-state index contributed by atoms with van der Waals surface area (Å²) in [5, 5.41) is 0.370. The lowest BCUT2D eigenvalue weighted by atomic mass is 9.97. The van der Waals surface area contributed by atoms with Crippen LogP contribution in [0.25, 0.3) is 11.3 Å². The molecule has 0 saturated heterocycles. The second-order valence-corrected chi connectivity index (χ2v) is 10.0. The van der Waals surface area contributed by atoms with Gasteiger partial charge in [-0.1, -0.05) is 13.0 Å². The number of hydrogen-bond acceptors (Lipinski definition) is 4. The minimum absolute atomic E-state index is 0.124. The zero-order valence-electron chi connectivity index (χ0n) is 19.3. The molecule has 1 aromatic heterocycles. The molecular formula is C25H27F3N4OS. The largest absolute Gasteiger partial charge is 0.360 e. The quantitative estimate of drug-likeness (QED) is 0.534. The first kappa shape index (κ1) is 24.2. The summed E-state index contributed by atoms with van der Waals surface area (Å²) in [6.07, 6.45) is 2.92. The van der Waals surface area contributed by atoms with E-state index in [1.54, 1.807) is 12.1 Å². The van der Waals surface area contributed by atoms with Gasteiger partial charge in [0.2, 0.25) is 0 Å². The number of hydrogen-bond donors (Lipinski definition) is 1. The van der Waals surface area contributed by atoms with Crippen LogP contribution >= 0.6 is 0 Å². The lowest BCUT2D eigenvalue weighted by Gasteiger charge is -2.45. The standard InChI is InChI=1S/C25H27F3N4OS/c1-4-5-18(15-29)32-13-12-31-23(34(33)19-10-11-20(27)21(28)14-19)22(30-24(31)25(32,2)3)16-6-8-17(26)9-7-16/h5-11,14H,4,12-13,15,29H2,1-3H3/b18-5+. The summed E-state index contributed by atoms with van der Waals surface area (Å²) in [5.41, 5.74) is 7.44. The summed E-state index contributed by atoms with van der Waals surface area (Å²) in [6.45, 7) is 7.52. The molecule has 34 heavy (non-hydrogen) atoms. The summed E-state index contributed by atoms with van der Waals surface area (Å²) in [4.78, 5) is 7.20. The van der Waals surface area contributed by atoms with Crippen LogP contribution in [0.15, 0.2) is 64.2 Å². The predicted octanol–water partition coefficient (Wildman–Crippen LogP) is 4.94. The van der Waals surface area contributed by atoms with Gasteiger partial charge in [-0.3, -0.25) is 0 Å². The van der Waals surface area contributed by atoms with Gasteiger partial charge >= 0.3 is 0 Å². The van der Waals surface area contributed by atoms with Crippen molar-refractivity contribution >= 4 is 10.8 Å². The van der Waals surface area contributed by atoms with E-state index in [1.165, 1.54) is 18.2 Å². The molecule has 2 heterocycles. The molecule has 5 nitrogen and oxygen atoms in total. The van der Waals surface area contributed by atoms with Gasteiger partial charge in [-0.15, -0.1) is 0 Å². The molecular weight excluding hydrogens is 461 g/mol. The zero-order valence-corrected chi connectivity index (χ0v) is 20.1. The smallest absolute Gasteiger partial charge is 0.160 e. The van der Waals surface area contributed by atoms with E-state index in [0.717, 1.165) is 24.3 Å². The Labute approximate surface area is 199 Å². The first-order valence-corrected chi connectivity index (χ1v) is 12.2. The van der Waals surface area contributed by atoms with Gasteiger partial charge in [-0.2, -0.15) is 0 Å². The molecule has 0 saturated carbocycles. The number of imidazole rings is 1. The number of nitrogens with zero attached hydrogens (tertiary/aromatic N) is 3. The number of nitrogens with two attached hydrogens (primary N) is 1. The fourth-order valence-corrected chi connectivity index (χ4v) is 5.78. The Morgan fingerprint density at radius 3 is 2.44 bits per heavy atom. The molecule has 0 amide bonds. The molecule has 0 radical (unpaired) electrons.